The average Bonchev–Trinajstić information content (AvgIpc) is 2.58. The van der Waals surface area contributed by atoms with Crippen molar-refractivity contribution in [1.29, 1.82) is 0 Å². The van der Waals surface area contributed by atoms with Crippen LogP contribution >= 0.6 is 22.5 Å². The summed E-state index contributed by atoms with van der Waals surface area (Å²) in [6, 6.07) is 5.81. The number of nitrogens with zero attached hydrogens (tertiary/aromatic N) is 2. The number of hydrogen-bond acceptors (Lipinski definition) is 3. The molecule has 1 heterocycles. The Morgan fingerprint density at radius 1 is 1.44 bits per heavy atom. The van der Waals surface area contributed by atoms with E-state index < -0.39 is 0 Å². The van der Waals surface area contributed by atoms with Crippen molar-refractivity contribution >= 4 is 33.4 Å². The van der Waals surface area contributed by atoms with Crippen molar-refractivity contribution < 1.29 is 0 Å². The van der Waals surface area contributed by atoms with Crippen molar-refractivity contribution in [2.24, 2.45) is 0 Å². The zero-order valence-electron chi connectivity index (χ0n) is 9.40. The van der Waals surface area contributed by atoms with Crippen LogP contribution in [0.25, 0.3) is 10.9 Å². The van der Waals surface area contributed by atoms with Gasteiger partial charge in [0.1, 0.15) is 5.52 Å². The summed E-state index contributed by atoms with van der Waals surface area (Å²) in [7, 11) is 3.94. The van der Waals surface area contributed by atoms with Gasteiger partial charge >= 0.3 is 0 Å². The van der Waals surface area contributed by atoms with Gasteiger partial charge in [-0.25, -0.2) is 0 Å². The first kappa shape index (κ1) is 11.8. The molecule has 0 aliphatic rings. The fraction of sp³-hybridized carbons (Fsp3) is 0.364. The van der Waals surface area contributed by atoms with Crippen LogP contribution in [-0.4, -0.2) is 36.5 Å². The Labute approximate surface area is 103 Å². The third-order valence-electron chi connectivity index (χ3n) is 2.23. The van der Waals surface area contributed by atoms with E-state index in [1.165, 1.54) is 0 Å². The van der Waals surface area contributed by atoms with Crippen LogP contribution in [0.2, 0.25) is 5.02 Å². The minimum Gasteiger partial charge on any atom is -0.308 e. The predicted octanol–water partition coefficient (Wildman–Crippen LogP) is 2.74. The maximum atomic E-state index is 5.93. The molecule has 0 saturated heterocycles. The Hall–Kier alpha value is -0.680. The Morgan fingerprint density at radius 2 is 2.25 bits per heavy atom. The number of hydrogen-bond donors (Lipinski definition) is 1. The lowest BCUT2D eigenvalue weighted by molar-refractivity contribution is 0.426. The number of likely N-dealkylation sites (N-methyl/N-ethyl adjacent to an activating group) is 1. The molecule has 1 atom stereocenters. The van der Waals surface area contributed by atoms with Gasteiger partial charge in [0.2, 0.25) is 0 Å². The Morgan fingerprint density at radius 3 is 3.00 bits per heavy atom. The van der Waals surface area contributed by atoms with E-state index in [1.54, 1.807) is 0 Å². The van der Waals surface area contributed by atoms with Crippen LogP contribution in [-0.2, 0) is 0 Å². The first-order valence-electron chi connectivity index (χ1n) is 5.13. The van der Waals surface area contributed by atoms with Crippen LogP contribution in [0, 0.1) is 0 Å². The lowest BCUT2D eigenvalue weighted by Crippen LogP contribution is -2.20. The third kappa shape index (κ3) is 2.92. The van der Waals surface area contributed by atoms with Crippen LogP contribution < -0.4 is 4.72 Å². The second-order valence-corrected chi connectivity index (χ2v) is 5.70. The molecule has 1 N–H and O–H groups in total. The summed E-state index contributed by atoms with van der Waals surface area (Å²) in [5.74, 6) is 0. The van der Waals surface area contributed by atoms with E-state index in [-0.39, 0.29) is 10.9 Å². The Kier molecular flexibility index (Phi) is 3.76. The van der Waals surface area contributed by atoms with E-state index in [9.17, 15) is 0 Å². The quantitative estimate of drug-likeness (QED) is 0.853. The van der Waals surface area contributed by atoms with Crippen molar-refractivity contribution in [3.8, 4) is 0 Å². The lowest BCUT2D eigenvalue weighted by Gasteiger charge is -2.05. The second-order valence-electron chi connectivity index (χ2n) is 3.92. The van der Waals surface area contributed by atoms with E-state index in [0.29, 0.717) is 0 Å². The Balaban J connectivity index is 2.08. The predicted molar refractivity (Wildman–Crippen MR) is 72.0 cm³/mol. The molecule has 0 amide bonds. The molecule has 0 saturated carbocycles. The number of nitrogens with one attached hydrogen (secondary N) is 1. The molecule has 86 valence electrons. The minimum atomic E-state index is -0.184. The summed E-state index contributed by atoms with van der Waals surface area (Å²) in [6.07, 6.45) is 0. The molecule has 0 radical (unpaired) electrons. The van der Waals surface area contributed by atoms with E-state index in [1.807, 2.05) is 18.2 Å². The molecular weight excluding hydrogens is 242 g/mol. The number of halogens is 1. The van der Waals surface area contributed by atoms with Crippen molar-refractivity contribution in [2.45, 2.75) is 0 Å². The van der Waals surface area contributed by atoms with Gasteiger partial charge in [-0.2, -0.15) is 0 Å². The maximum absolute atomic E-state index is 5.93. The van der Waals surface area contributed by atoms with Crippen LogP contribution in [0.5, 0.6) is 0 Å². The maximum Gasteiger partial charge on any atom is 0.195 e. The van der Waals surface area contributed by atoms with E-state index in [4.69, 9.17) is 11.6 Å². The molecule has 1 aromatic heterocycles. The lowest BCUT2D eigenvalue weighted by atomic mass is 10.3. The van der Waals surface area contributed by atoms with E-state index in [0.717, 1.165) is 29.0 Å². The molecule has 0 aliphatic carbocycles. The highest BCUT2D eigenvalue weighted by Gasteiger charge is 2.11. The first-order chi connectivity index (χ1) is 7.65. The molecular formula is C11H15ClN3S+. The van der Waals surface area contributed by atoms with Gasteiger partial charge in [0.05, 0.1) is 11.9 Å². The number of benzene rings is 1. The first-order valence-corrected chi connectivity index (χ1v) is 6.75. The molecule has 1 unspecified atom stereocenters. The fourth-order valence-corrected chi connectivity index (χ4v) is 2.89. The SMILES string of the molecule is CN(C)CCN[s+]1cc2cc(Cl)ccc2n1. The van der Waals surface area contributed by atoms with Crippen molar-refractivity contribution in [1.82, 2.24) is 9.27 Å². The van der Waals surface area contributed by atoms with Gasteiger partial charge in [0, 0.05) is 11.6 Å². The molecule has 3 nitrogen and oxygen atoms in total. The fourth-order valence-electron chi connectivity index (χ4n) is 1.40. The molecule has 2 aromatic rings. The van der Waals surface area contributed by atoms with Gasteiger partial charge in [-0.1, -0.05) is 16.3 Å². The molecule has 16 heavy (non-hydrogen) atoms. The van der Waals surface area contributed by atoms with Gasteiger partial charge in [-0.15, -0.1) is 0 Å². The summed E-state index contributed by atoms with van der Waals surface area (Å²) in [5, 5.41) is 4.04. The molecule has 1 aromatic carbocycles. The molecule has 0 bridgehead atoms. The van der Waals surface area contributed by atoms with Crippen molar-refractivity contribution in [3.63, 3.8) is 0 Å². The number of fused-ring (bicyclic) bond motifs is 1. The van der Waals surface area contributed by atoms with Crippen LogP contribution in [0.3, 0.4) is 0 Å². The molecule has 0 aliphatic heterocycles. The van der Waals surface area contributed by atoms with Gasteiger partial charge in [0.15, 0.2) is 16.2 Å². The molecule has 2 rings (SSSR count). The van der Waals surface area contributed by atoms with Crippen molar-refractivity contribution in [3.05, 3.63) is 28.6 Å². The third-order valence-corrected chi connectivity index (χ3v) is 3.84. The summed E-state index contributed by atoms with van der Waals surface area (Å²) in [5.41, 5.74) is 1.03. The zero-order chi connectivity index (χ0) is 11.5. The average molecular weight is 257 g/mol. The largest absolute Gasteiger partial charge is 0.308 e. The van der Waals surface area contributed by atoms with Gasteiger partial charge in [-0.05, 0) is 36.7 Å². The van der Waals surface area contributed by atoms with Crippen LogP contribution in [0.1, 0.15) is 0 Å². The van der Waals surface area contributed by atoms with E-state index in [2.05, 4.69) is 33.5 Å². The number of aromatic nitrogens is 1. The van der Waals surface area contributed by atoms with E-state index >= 15 is 0 Å². The van der Waals surface area contributed by atoms with Crippen molar-refractivity contribution in [2.75, 3.05) is 31.9 Å². The summed E-state index contributed by atoms with van der Waals surface area (Å²) in [6.45, 7) is 1.96. The van der Waals surface area contributed by atoms with Gasteiger partial charge < -0.3 is 4.90 Å². The zero-order valence-corrected chi connectivity index (χ0v) is 11.0. The van der Waals surface area contributed by atoms with Gasteiger partial charge in [0.25, 0.3) is 0 Å². The standard InChI is InChI=1S/C11H14ClN3S/c1-15(2)6-5-13-16-8-9-7-10(12)3-4-11(9)14-16/h3-4,7-8H,5-6H2,1-2H3/p+1. The summed E-state index contributed by atoms with van der Waals surface area (Å²) < 4.78 is 7.97. The topological polar surface area (TPSA) is 28.2 Å². The van der Waals surface area contributed by atoms with Crippen LogP contribution in [0.15, 0.2) is 23.6 Å². The smallest absolute Gasteiger partial charge is 0.195 e. The molecule has 0 fully saturated rings. The highest BCUT2D eigenvalue weighted by Crippen LogP contribution is 2.24. The number of rotatable bonds is 4. The summed E-state index contributed by atoms with van der Waals surface area (Å²) in [4.78, 5) is 2.15. The van der Waals surface area contributed by atoms with Gasteiger partial charge in [-0.3, -0.25) is 0 Å². The molecule has 5 heteroatoms. The summed E-state index contributed by atoms with van der Waals surface area (Å²) >= 11 is 5.93. The highest BCUT2D eigenvalue weighted by molar-refractivity contribution is 7.27. The minimum absolute atomic E-state index is 0.184. The normalized spacial score (nSPS) is 12.6. The highest BCUT2D eigenvalue weighted by atomic mass is 35.5. The monoisotopic (exact) mass is 256 g/mol. The Bertz CT molecular complexity index is 481. The molecule has 0 spiro atoms. The second kappa shape index (κ2) is 5.10. The van der Waals surface area contributed by atoms with Crippen LogP contribution in [0.4, 0.5) is 0 Å².